The first-order valence-corrected chi connectivity index (χ1v) is 6.83. The van der Waals surface area contributed by atoms with Crippen LogP contribution in [0, 0.1) is 25.2 Å². The van der Waals surface area contributed by atoms with Crippen LogP contribution < -0.4 is 4.90 Å². The van der Waals surface area contributed by atoms with Gasteiger partial charge in [0.05, 0.1) is 18.2 Å². The number of likely N-dealkylation sites (N-methyl/N-ethyl adjacent to an activating group) is 1. The third-order valence-corrected chi connectivity index (χ3v) is 3.65. The van der Waals surface area contributed by atoms with Gasteiger partial charge in [-0.3, -0.25) is 4.79 Å². The van der Waals surface area contributed by atoms with Crippen LogP contribution >= 0.6 is 0 Å². The second-order valence-corrected chi connectivity index (χ2v) is 5.24. The van der Waals surface area contributed by atoms with E-state index >= 15 is 0 Å². The van der Waals surface area contributed by atoms with Gasteiger partial charge in [0.1, 0.15) is 0 Å². The van der Waals surface area contributed by atoms with E-state index in [0.717, 1.165) is 16.8 Å². The van der Waals surface area contributed by atoms with E-state index in [1.54, 1.807) is 12.1 Å². The van der Waals surface area contributed by atoms with E-state index in [1.807, 2.05) is 56.1 Å². The van der Waals surface area contributed by atoms with E-state index in [1.165, 1.54) is 5.56 Å². The van der Waals surface area contributed by atoms with Crippen LogP contribution in [0.15, 0.2) is 42.5 Å². The molecule has 0 aliphatic heterocycles. The lowest BCUT2D eigenvalue weighted by Crippen LogP contribution is -2.25. The largest absolute Gasteiger partial charge is 0.367 e. The van der Waals surface area contributed by atoms with E-state index in [-0.39, 0.29) is 5.78 Å². The van der Waals surface area contributed by atoms with Gasteiger partial charge in [0.2, 0.25) is 0 Å². The number of nitrogens with zero attached hydrogens (tertiary/aromatic N) is 2. The molecule has 0 N–H and O–H groups in total. The second kappa shape index (κ2) is 6.23. The van der Waals surface area contributed by atoms with Gasteiger partial charge in [-0.15, -0.1) is 0 Å². The number of anilines is 1. The molecule has 0 fully saturated rings. The van der Waals surface area contributed by atoms with Crippen LogP contribution in [0.25, 0.3) is 0 Å². The van der Waals surface area contributed by atoms with Gasteiger partial charge in [0, 0.05) is 18.3 Å². The third kappa shape index (κ3) is 3.49. The zero-order valence-electron chi connectivity index (χ0n) is 12.6. The van der Waals surface area contributed by atoms with Crippen molar-refractivity contribution in [2.45, 2.75) is 13.8 Å². The van der Waals surface area contributed by atoms with Gasteiger partial charge in [-0.25, -0.2) is 0 Å². The minimum Gasteiger partial charge on any atom is -0.367 e. The fraction of sp³-hybridized carbons (Fsp3) is 0.222. The molecule has 0 spiro atoms. The van der Waals surface area contributed by atoms with Crippen molar-refractivity contribution in [3.63, 3.8) is 0 Å². The molecule has 0 bridgehead atoms. The number of ketones is 1. The summed E-state index contributed by atoms with van der Waals surface area (Å²) < 4.78 is 0. The summed E-state index contributed by atoms with van der Waals surface area (Å²) >= 11 is 0. The van der Waals surface area contributed by atoms with Gasteiger partial charge < -0.3 is 4.90 Å². The van der Waals surface area contributed by atoms with Crippen molar-refractivity contribution in [1.29, 1.82) is 5.26 Å². The first-order valence-electron chi connectivity index (χ1n) is 6.83. The topological polar surface area (TPSA) is 44.1 Å². The molecule has 0 aromatic heterocycles. The van der Waals surface area contributed by atoms with Crippen molar-refractivity contribution in [2.75, 3.05) is 18.5 Å². The summed E-state index contributed by atoms with van der Waals surface area (Å²) in [5, 5.41) is 8.79. The van der Waals surface area contributed by atoms with Crippen LogP contribution in [0.2, 0.25) is 0 Å². The van der Waals surface area contributed by atoms with E-state index in [2.05, 4.69) is 6.07 Å². The summed E-state index contributed by atoms with van der Waals surface area (Å²) in [5.41, 5.74) is 4.59. The minimum atomic E-state index is 0.0879. The Labute approximate surface area is 125 Å². The lowest BCUT2D eigenvalue weighted by Gasteiger charge is -2.18. The van der Waals surface area contributed by atoms with Gasteiger partial charge in [-0.1, -0.05) is 12.1 Å². The fourth-order valence-corrected chi connectivity index (χ4v) is 2.10. The maximum absolute atomic E-state index is 12.3. The van der Waals surface area contributed by atoms with E-state index < -0.39 is 0 Å². The lowest BCUT2D eigenvalue weighted by molar-refractivity contribution is 0.100. The van der Waals surface area contributed by atoms with Crippen LogP contribution in [-0.4, -0.2) is 19.4 Å². The predicted molar refractivity (Wildman–Crippen MR) is 84.7 cm³/mol. The summed E-state index contributed by atoms with van der Waals surface area (Å²) in [4.78, 5) is 14.2. The molecular weight excluding hydrogens is 260 g/mol. The summed E-state index contributed by atoms with van der Waals surface area (Å²) in [5.74, 6) is 0.0879. The molecule has 2 aromatic carbocycles. The van der Waals surface area contributed by atoms with E-state index in [4.69, 9.17) is 5.26 Å². The van der Waals surface area contributed by atoms with Crippen LogP contribution in [0.1, 0.15) is 27.0 Å². The molecule has 0 amide bonds. The number of nitriles is 1. The molecule has 2 aromatic rings. The predicted octanol–water partition coefficient (Wildman–Crippen LogP) is 3.49. The molecule has 0 heterocycles. The van der Waals surface area contributed by atoms with Crippen molar-refractivity contribution >= 4 is 11.5 Å². The Balaban J connectivity index is 2.10. The van der Waals surface area contributed by atoms with Gasteiger partial charge in [-0.05, 0) is 55.3 Å². The normalized spacial score (nSPS) is 10.0. The highest BCUT2D eigenvalue weighted by Gasteiger charge is 2.10. The van der Waals surface area contributed by atoms with Gasteiger partial charge in [-0.2, -0.15) is 5.26 Å². The van der Waals surface area contributed by atoms with Gasteiger partial charge >= 0.3 is 0 Å². The average Bonchev–Trinajstić information content (AvgIpc) is 2.50. The molecule has 21 heavy (non-hydrogen) atoms. The van der Waals surface area contributed by atoms with Crippen LogP contribution in [-0.2, 0) is 0 Å². The zero-order valence-corrected chi connectivity index (χ0v) is 12.6. The number of hydrogen-bond donors (Lipinski definition) is 0. The highest BCUT2D eigenvalue weighted by Crippen LogP contribution is 2.15. The minimum absolute atomic E-state index is 0.0879. The molecular formula is C18H18N2O. The lowest BCUT2D eigenvalue weighted by atomic mass is 10.0. The smallest absolute Gasteiger partial charge is 0.182 e. The van der Waals surface area contributed by atoms with Crippen LogP contribution in [0.3, 0.4) is 0 Å². The highest BCUT2D eigenvalue weighted by molar-refractivity contribution is 5.99. The Morgan fingerprint density at radius 3 is 2.33 bits per heavy atom. The molecule has 0 aliphatic carbocycles. The molecule has 0 saturated carbocycles. The summed E-state index contributed by atoms with van der Waals surface area (Å²) in [6, 6.07) is 15.1. The van der Waals surface area contributed by atoms with Crippen LogP contribution in [0.4, 0.5) is 5.69 Å². The maximum Gasteiger partial charge on any atom is 0.182 e. The Hall–Kier alpha value is -2.60. The molecule has 0 saturated heterocycles. The molecule has 3 nitrogen and oxygen atoms in total. The number of rotatable bonds is 4. The first-order chi connectivity index (χ1) is 10.0. The van der Waals surface area contributed by atoms with Crippen molar-refractivity contribution in [3.8, 4) is 6.07 Å². The maximum atomic E-state index is 12.3. The summed E-state index contributed by atoms with van der Waals surface area (Å²) in [6.45, 7) is 4.36. The molecule has 2 rings (SSSR count). The Morgan fingerprint density at radius 1 is 1.10 bits per heavy atom. The van der Waals surface area contributed by atoms with Crippen molar-refractivity contribution in [2.24, 2.45) is 0 Å². The van der Waals surface area contributed by atoms with Crippen LogP contribution in [0.5, 0.6) is 0 Å². The highest BCUT2D eigenvalue weighted by atomic mass is 16.1. The standard InChI is InChI=1S/C18H18N2O/c1-13-4-7-16(10-14(13)2)18(21)12-20(3)17-8-5-15(11-19)6-9-17/h4-10H,12H2,1-3H3. The SMILES string of the molecule is Cc1ccc(C(=O)CN(C)c2ccc(C#N)cc2)cc1C. The van der Waals surface area contributed by atoms with E-state index in [9.17, 15) is 4.79 Å². The molecule has 3 heteroatoms. The van der Waals surface area contributed by atoms with Crippen molar-refractivity contribution < 1.29 is 4.79 Å². The molecule has 0 unspecified atom stereocenters. The zero-order chi connectivity index (χ0) is 15.4. The number of carbonyl (C=O) groups is 1. The molecule has 0 aliphatic rings. The fourth-order valence-electron chi connectivity index (χ4n) is 2.10. The van der Waals surface area contributed by atoms with E-state index in [0.29, 0.717) is 12.1 Å². The number of aryl methyl sites for hydroxylation is 2. The second-order valence-electron chi connectivity index (χ2n) is 5.24. The Morgan fingerprint density at radius 2 is 1.76 bits per heavy atom. The molecule has 106 valence electrons. The molecule has 0 radical (unpaired) electrons. The first kappa shape index (κ1) is 14.8. The average molecular weight is 278 g/mol. The Bertz CT molecular complexity index is 696. The summed E-state index contributed by atoms with van der Waals surface area (Å²) in [6.07, 6.45) is 0. The van der Waals surface area contributed by atoms with Gasteiger partial charge in [0.15, 0.2) is 5.78 Å². The summed E-state index contributed by atoms with van der Waals surface area (Å²) in [7, 11) is 1.88. The quantitative estimate of drug-likeness (QED) is 0.804. The number of hydrogen-bond acceptors (Lipinski definition) is 3. The number of carbonyl (C=O) groups excluding carboxylic acids is 1. The molecule has 0 atom stereocenters. The number of Topliss-reactive ketones (excluding diaryl/α,β-unsaturated/α-hetero) is 1. The Kier molecular flexibility index (Phi) is 4.39. The monoisotopic (exact) mass is 278 g/mol. The van der Waals surface area contributed by atoms with Crippen molar-refractivity contribution in [1.82, 2.24) is 0 Å². The number of benzene rings is 2. The third-order valence-electron chi connectivity index (χ3n) is 3.65. The van der Waals surface area contributed by atoms with Gasteiger partial charge in [0.25, 0.3) is 0 Å². The van der Waals surface area contributed by atoms with Crippen molar-refractivity contribution in [3.05, 3.63) is 64.7 Å².